The van der Waals surface area contributed by atoms with E-state index in [0.29, 0.717) is 0 Å². The van der Waals surface area contributed by atoms with Crippen LogP contribution in [-0.2, 0) is 11.2 Å². The highest BCUT2D eigenvalue weighted by atomic mass is 32.2. The zero-order chi connectivity index (χ0) is 5.70. The molecule has 0 aromatic rings. The lowest BCUT2D eigenvalue weighted by Crippen LogP contribution is -1.86. The van der Waals surface area contributed by atoms with Crippen LogP contribution in [0.5, 0.6) is 0 Å². The van der Waals surface area contributed by atoms with Gasteiger partial charge in [-0.2, -0.15) is 0 Å². The minimum Gasteiger partial charge on any atom is -0.612 e. The molecule has 0 fully saturated rings. The Labute approximate surface area is 47.6 Å². The number of hydrogen-bond acceptors (Lipinski definition) is 1. The van der Waals surface area contributed by atoms with Crippen molar-refractivity contribution in [1.82, 2.24) is 0 Å². The van der Waals surface area contributed by atoms with Crippen molar-refractivity contribution in [2.45, 2.75) is 6.42 Å². The minimum absolute atomic E-state index is 0.722. The Morgan fingerprint density at radius 2 is 2.43 bits per heavy atom. The minimum atomic E-state index is -0.786. The van der Waals surface area contributed by atoms with Crippen molar-refractivity contribution in [3.05, 3.63) is 18.4 Å². The normalized spacial score (nSPS) is 15.3. The Bertz CT molecular complexity index is 59.1. The zero-order valence-corrected chi connectivity index (χ0v) is 5.20. The van der Waals surface area contributed by atoms with Gasteiger partial charge in [-0.05, 0) is 30.6 Å². The molecule has 0 aliphatic rings. The van der Waals surface area contributed by atoms with Gasteiger partial charge in [-0.15, -0.1) is 0 Å². The maximum absolute atomic E-state index is 10.2. The smallest absolute Gasteiger partial charge is 0.112 e. The molecule has 0 N–H and O–H groups in total. The summed E-state index contributed by atoms with van der Waals surface area (Å²) >= 11 is -0.786. The van der Waals surface area contributed by atoms with Crippen molar-refractivity contribution in [2.75, 3.05) is 6.26 Å². The van der Waals surface area contributed by atoms with Gasteiger partial charge in [0, 0.05) is 0 Å². The molecule has 0 aromatic heterocycles. The molecule has 0 rings (SSSR count). The SMILES string of the molecule is [CH2]CC=C[S+](C)[O-]. The second-order valence-corrected chi connectivity index (χ2v) is 2.43. The van der Waals surface area contributed by atoms with E-state index in [-0.39, 0.29) is 0 Å². The Morgan fingerprint density at radius 1 is 1.86 bits per heavy atom. The predicted octanol–water partition coefficient (Wildman–Crippen LogP) is 1.10. The van der Waals surface area contributed by atoms with E-state index >= 15 is 0 Å². The average molecular weight is 117 g/mol. The monoisotopic (exact) mass is 117 g/mol. The van der Waals surface area contributed by atoms with Crippen LogP contribution < -0.4 is 0 Å². The lowest BCUT2D eigenvalue weighted by molar-refractivity contribution is 0.609. The molecule has 1 unspecified atom stereocenters. The van der Waals surface area contributed by atoms with Gasteiger partial charge in [-0.3, -0.25) is 0 Å². The summed E-state index contributed by atoms with van der Waals surface area (Å²) in [6, 6.07) is 0. The third-order valence-electron chi connectivity index (χ3n) is 0.455. The number of hydrogen-bond donors (Lipinski definition) is 0. The first-order chi connectivity index (χ1) is 3.27. The fourth-order valence-electron chi connectivity index (χ4n) is 0.204. The molecule has 0 aromatic carbocycles. The molecule has 0 spiro atoms. The summed E-state index contributed by atoms with van der Waals surface area (Å²) in [5.41, 5.74) is 0. The van der Waals surface area contributed by atoms with Crippen molar-refractivity contribution in [1.29, 1.82) is 0 Å². The summed E-state index contributed by atoms with van der Waals surface area (Å²) in [6.45, 7) is 3.54. The first-order valence-electron chi connectivity index (χ1n) is 2.05. The molecular weight excluding hydrogens is 108 g/mol. The van der Waals surface area contributed by atoms with Crippen LogP contribution in [0.25, 0.3) is 0 Å². The van der Waals surface area contributed by atoms with E-state index in [4.69, 9.17) is 0 Å². The predicted molar refractivity (Wildman–Crippen MR) is 33.2 cm³/mol. The van der Waals surface area contributed by atoms with Gasteiger partial charge in [-0.25, -0.2) is 0 Å². The Hall–Kier alpha value is 0.0500. The maximum atomic E-state index is 10.2. The van der Waals surface area contributed by atoms with Crippen LogP contribution in [-0.4, -0.2) is 10.8 Å². The average Bonchev–Trinajstić information content (AvgIpc) is 1.61. The van der Waals surface area contributed by atoms with Gasteiger partial charge in [0.25, 0.3) is 0 Å². The Balaban J connectivity index is 3.08. The quantitative estimate of drug-likeness (QED) is 0.497. The standard InChI is InChI=1S/C5H9OS/c1-3-4-5-7(2)6/h4-5H,1,3H2,2H3. The third-order valence-corrected chi connectivity index (χ3v) is 1.03. The molecule has 7 heavy (non-hydrogen) atoms. The summed E-state index contributed by atoms with van der Waals surface area (Å²) < 4.78 is 10.2. The van der Waals surface area contributed by atoms with Crippen LogP contribution in [0, 0.1) is 6.92 Å². The van der Waals surface area contributed by atoms with Crippen LogP contribution in [0.2, 0.25) is 0 Å². The van der Waals surface area contributed by atoms with Crippen LogP contribution >= 0.6 is 0 Å². The molecule has 0 saturated heterocycles. The highest BCUT2D eigenvalue weighted by molar-refractivity contribution is 7.93. The Kier molecular flexibility index (Phi) is 4.25. The lowest BCUT2D eigenvalue weighted by atomic mass is 10.5. The van der Waals surface area contributed by atoms with Crippen LogP contribution in [0.1, 0.15) is 6.42 Å². The van der Waals surface area contributed by atoms with E-state index in [0.717, 1.165) is 6.42 Å². The molecule has 0 aliphatic carbocycles. The van der Waals surface area contributed by atoms with Crippen molar-refractivity contribution < 1.29 is 4.55 Å². The van der Waals surface area contributed by atoms with Crippen LogP contribution in [0.4, 0.5) is 0 Å². The topological polar surface area (TPSA) is 23.1 Å². The van der Waals surface area contributed by atoms with E-state index in [1.54, 1.807) is 17.7 Å². The highest BCUT2D eigenvalue weighted by Gasteiger charge is 1.80. The Morgan fingerprint density at radius 3 is 2.57 bits per heavy atom. The summed E-state index contributed by atoms with van der Waals surface area (Å²) in [7, 11) is 0. The third kappa shape index (κ3) is 6.05. The fourth-order valence-corrected chi connectivity index (χ4v) is 0.611. The van der Waals surface area contributed by atoms with E-state index in [9.17, 15) is 4.55 Å². The van der Waals surface area contributed by atoms with Gasteiger partial charge in [0.05, 0.1) is 6.26 Å². The molecule has 1 atom stereocenters. The lowest BCUT2D eigenvalue weighted by Gasteiger charge is -1.92. The molecule has 0 bridgehead atoms. The molecule has 0 aliphatic heterocycles. The number of allylic oxidation sites excluding steroid dienone is 1. The summed E-state index contributed by atoms with van der Waals surface area (Å²) in [5.74, 6) is 0. The molecule has 0 amide bonds. The second kappa shape index (κ2) is 4.22. The van der Waals surface area contributed by atoms with Gasteiger partial charge in [0.2, 0.25) is 0 Å². The van der Waals surface area contributed by atoms with E-state index < -0.39 is 11.2 Å². The van der Waals surface area contributed by atoms with Gasteiger partial charge in [-0.1, -0.05) is 0 Å². The molecule has 2 heteroatoms. The number of rotatable bonds is 2. The van der Waals surface area contributed by atoms with Crippen molar-refractivity contribution in [2.24, 2.45) is 0 Å². The molecule has 1 nitrogen and oxygen atoms in total. The van der Waals surface area contributed by atoms with E-state index in [1.165, 1.54) is 0 Å². The van der Waals surface area contributed by atoms with Gasteiger partial charge >= 0.3 is 0 Å². The van der Waals surface area contributed by atoms with Gasteiger partial charge in [0.15, 0.2) is 0 Å². The first-order valence-corrected chi connectivity index (χ1v) is 3.67. The van der Waals surface area contributed by atoms with Gasteiger partial charge in [0.1, 0.15) is 5.41 Å². The molecule has 1 radical (unpaired) electrons. The second-order valence-electron chi connectivity index (χ2n) is 1.16. The highest BCUT2D eigenvalue weighted by Crippen LogP contribution is 1.86. The van der Waals surface area contributed by atoms with Gasteiger partial charge < -0.3 is 4.55 Å². The maximum Gasteiger partial charge on any atom is 0.112 e. The first kappa shape index (κ1) is 7.05. The summed E-state index contributed by atoms with van der Waals surface area (Å²) in [5, 5.41) is 1.63. The molecular formula is C5H9OS. The fraction of sp³-hybridized carbons (Fsp3) is 0.400. The van der Waals surface area contributed by atoms with Crippen molar-refractivity contribution >= 4 is 11.2 Å². The van der Waals surface area contributed by atoms with E-state index in [1.807, 2.05) is 0 Å². The largest absolute Gasteiger partial charge is 0.612 e. The van der Waals surface area contributed by atoms with Crippen LogP contribution in [0.15, 0.2) is 11.5 Å². The summed E-state index contributed by atoms with van der Waals surface area (Å²) in [4.78, 5) is 0. The molecule has 0 saturated carbocycles. The van der Waals surface area contributed by atoms with Crippen LogP contribution in [0.3, 0.4) is 0 Å². The van der Waals surface area contributed by atoms with Crippen molar-refractivity contribution in [3.8, 4) is 0 Å². The summed E-state index contributed by atoms with van der Waals surface area (Å²) in [6.07, 6.45) is 4.14. The molecule has 41 valence electrons. The molecule has 0 heterocycles. The van der Waals surface area contributed by atoms with Crippen molar-refractivity contribution in [3.63, 3.8) is 0 Å². The zero-order valence-electron chi connectivity index (χ0n) is 4.39. The van der Waals surface area contributed by atoms with E-state index in [2.05, 4.69) is 6.92 Å².